The van der Waals surface area contributed by atoms with Crippen LogP contribution in [0.15, 0.2) is 48.4 Å². The molecule has 1 unspecified atom stereocenters. The molecule has 0 aromatic heterocycles. The van der Waals surface area contributed by atoms with Crippen molar-refractivity contribution in [1.29, 1.82) is 0 Å². The third-order valence-corrected chi connectivity index (χ3v) is 6.38. The van der Waals surface area contributed by atoms with Crippen LogP contribution in [0, 0.1) is 0 Å². The fourth-order valence-electron chi connectivity index (χ4n) is 2.05. The van der Waals surface area contributed by atoms with E-state index in [4.69, 9.17) is 0 Å². The highest BCUT2D eigenvalue weighted by Crippen LogP contribution is 2.33. The summed E-state index contributed by atoms with van der Waals surface area (Å²) in [6.07, 6.45) is 12.3. The van der Waals surface area contributed by atoms with Crippen LogP contribution in [0.25, 0.3) is 0 Å². The van der Waals surface area contributed by atoms with Crippen LogP contribution in [0.5, 0.6) is 0 Å². The van der Waals surface area contributed by atoms with Gasteiger partial charge in [-0.15, -0.1) is 0 Å². The van der Waals surface area contributed by atoms with Crippen LogP contribution in [-0.2, 0) is 9.84 Å². The summed E-state index contributed by atoms with van der Waals surface area (Å²) >= 11 is 0. The number of hydrogen-bond donors (Lipinski definition) is 0. The lowest BCUT2D eigenvalue weighted by atomic mass is 10.00. The Hall–Kier alpha value is -1.09. The molecular weight excluding hydrogens is 268 g/mol. The van der Waals surface area contributed by atoms with Gasteiger partial charge >= 0.3 is 0 Å². The van der Waals surface area contributed by atoms with Gasteiger partial charge in [0.05, 0.1) is 9.65 Å². The molecule has 0 aromatic carbocycles. The SMILES string of the molecule is C=C/C=C\C(=C/C=C)S(=O)(=O)C(C)(CC)CCCCC. The van der Waals surface area contributed by atoms with Gasteiger partial charge in [-0.2, -0.15) is 0 Å². The Labute approximate surface area is 124 Å². The van der Waals surface area contributed by atoms with Gasteiger partial charge in [0, 0.05) is 0 Å². The summed E-state index contributed by atoms with van der Waals surface area (Å²) in [7, 11) is -3.37. The maximum atomic E-state index is 12.9. The Balaban J connectivity index is 5.50. The number of rotatable bonds is 10. The summed E-state index contributed by atoms with van der Waals surface area (Å²) in [5, 5.41) is 0. The Morgan fingerprint density at radius 3 is 2.25 bits per heavy atom. The van der Waals surface area contributed by atoms with E-state index in [0.29, 0.717) is 17.7 Å². The minimum absolute atomic E-state index is 0.313. The fraction of sp³-hybridized carbons (Fsp3) is 0.529. The van der Waals surface area contributed by atoms with Crippen molar-refractivity contribution in [3.8, 4) is 0 Å². The number of hydrogen-bond acceptors (Lipinski definition) is 2. The van der Waals surface area contributed by atoms with E-state index >= 15 is 0 Å². The smallest absolute Gasteiger partial charge is 0.183 e. The maximum Gasteiger partial charge on any atom is 0.183 e. The van der Waals surface area contributed by atoms with Crippen molar-refractivity contribution in [2.24, 2.45) is 0 Å². The molecule has 0 aliphatic rings. The molecular formula is C17H28O2S. The molecule has 0 fully saturated rings. The number of allylic oxidation sites excluding steroid dienone is 5. The van der Waals surface area contributed by atoms with Gasteiger partial charge in [-0.05, 0) is 31.9 Å². The van der Waals surface area contributed by atoms with Crippen LogP contribution in [0.1, 0.15) is 52.9 Å². The van der Waals surface area contributed by atoms with Crippen molar-refractivity contribution in [3.05, 3.63) is 48.4 Å². The second-order valence-electron chi connectivity index (χ2n) is 5.16. The summed E-state index contributed by atoms with van der Waals surface area (Å²) in [5.74, 6) is 0. The Kier molecular flexibility index (Phi) is 8.47. The van der Waals surface area contributed by atoms with Crippen molar-refractivity contribution in [2.45, 2.75) is 57.6 Å². The summed E-state index contributed by atoms with van der Waals surface area (Å²) in [5.41, 5.74) is 0. The zero-order valence-electron chi connectivity index (χ0n) is 13.1. The topological polar surface area (TPSA) is 34.1 Å². The first kappa shape index (κ1) is 18.9. The highest BCUT2D eigenvalue weighted by Gasteiger charge is 2.38. The van der Waals surface area contributed by atoms with Crippen LogP contribution >= 0.6 is 0 Å². The monoisotopic (exact) mass is 296 g/mol. The van der Waals surface area contributed by atoms with Gasteiger partial charge in [0.15, 0.2) is 9.84 Å². The van der Waals surface area contributed by atoms with E-state index in [9.17, 15) is 8.42 Å². The molecule has 0 saturated carbocycles. The molecule has 3 heteroatoms. The first-order chi connectivity index (χ1) is 9.39. The second kappa shape index (κ2) is 8.96. The van der Waals surface area contributed by atoms with Gasteiger partial charge in [-0.25, -0.2) is 8.42 Å². The van der Waals surface area contributed by atoms with Gasteiger partial charge in [0.1, 0.15) is 0 Å². The molecule has 0 N–H and O–H groups in total. The quantitative estimate of drug-likeness (QED) is 0.421. The van der Waals surface area contributed by atoms with Crippen molar-refractivity contribution >= 4 is 9.84 Å². The fourth-order valence-corrected chi connectivity index (χ4v) is 3.94. The molecule has 0 aliphatic heterocycles. The lowest BCUT2D eigenvalue weighted by Crippen LogP contribution is -2.35. The van der Waals surface area contributed by atoms with Crippen LogP contribution < -0.4 is 0 Å². The van der Waals surface area contributed by atoms with E-state index in [1.807, 2.05) is 13.8 Å². The highest BCUT2D eigenvalue weighted by atomic mass is 32.2. The van der Waals surface area contributed by atoms with E-state index in [1.165, 1.54) is 6.08 Å². The van der Waals surface area contributed by atoms with Crippen molar-refractivity contribution in [1.82, 2.24) is 0 Å². The summed E-state index contributed by atoms with van der Waals surface area (Å²) < 4.78 is 25.0. The van der Waals surface area contributed by atoms with Crippen LogP contribution in [0.2, 0.25) is 0 Å². The predicted molar refractivity (Wildman–Crippen MR) is 89.4 cm³/mol. The largest absolute Gasteiger partial charge is 0.223 e. The molecule has 0 spiro atoms. The van der Waals surface area contributed by atoms with E-state index in [0.717, 1.165) is 19.3 Å². The van der Waals surface area contributed by atoms with E-state index in [-0.39, 0.29) is 0 Å². The molecule has 0 amide bonds. The molecule has 2 nitrogen and oxygen atoms in total. The summed E-state index contributed by atoms with van der Waals surface area (Å²) in [6.45, 7) is 13.1. The van der Waals surface area contributed by atoms with Crippen LogP contribution in [0.3, 0.4) is 0 Å². The molecule has 1 atom stereocenters. The Morgan fingerprint density at radius 1 is 1.15 bits per heavy atom. The molecule has 0 heterocycles. The van der Waals surface area contributed by atoms with Gasteiger partial charge in [-0.1, -0.05) is 64.5 Å². The molecule has 0 radical (unpaired) electrons. The van der Waals surface area contributed by atoms with Crippen LogP contribution in [0.4, 0.5) is 0 Å². The lowest BCUT2D eigenvalue weighted by molar-refractivity contribution is 0.477. The molecule has 0 aromatic rings. The zero-order chi connectivity index (χ0) is 15.6. The highest BCUT2D eigenvalue weighted by molar-refractivity contribution is 7.96. The Bertz CT molecular complexity index is 469. The van der Waals surface area contributed by atoms with E-state index < -0.39 is 14.6 Å². The molecule has 0 bridgehead atoms. The first-order valence-electron chi connectivity index (χ1n) is 7.26. The minimum Gasteiger partial charge on any atom is -0.223 e. The third kappa shape index (κ3) is 4.78. The van der Waals surface area contributed by atoms with Gasteiger partial charge < -0.3 is 0 Å². The lowest BCUT2D eigenvalue weighted by Gasteiger charge is -2.28. The average Bonchev–Trinajstić information content (AvgIpc) is 2.43. The molecule has 0 aliphatic carbocycles. The zero-order valence-corrected chi connectivity index (χ0v) is 13.9. The number of unbranched alkanes of at least 4 members (excludes halogenated alkanes) is 2. The Morgan fingerprint density at radius 2 is 1.80 bits per heavy atom. The standard InChI is InChI=1S/C17H28O2S/c1-6-10-12-15-17(5,9-4)20(18,19)16(13-8-3)14-11-7-2/h7-8,11,13-14H,2-3,6,9-10,12,15H2,1,4-5H3/b14-11-,16-13+. The van der Waals surface area contributed by atoms with Crippen LogP contribution in [-0.4, -0.2) is 13.2 Å². The average molecular weight is 296 g/mol. The van der Waals surface area contributed by atoms with Crippen molar-refractivity contribution in [2.75, 3.05) is 0 Å². The minimum atomic E-state index is -3.37. The van der Waals surface area contributed by atoms with Gasteiger partial charge in [0.25, 0.3) is 0 Å². The first-order valence-corrected chi connectivity index (χ1v) is 8.74. The van der Waals surface area contributed by atoms with Gasteiger partial charge in [-0.3, -0.25) is 0 Å². The molecule has 114 valence electrons. The normalized spacial score (nSPS) is 16.1. The third-order valence-electron chi connectivity index (χ3n) is 3.69. The number of sulfone groups is 1. The van der Waals surface area contributed by atoms with Crippen molar-refractivity contribution < 1.29 is 8.42 Å². The van der Waals surface area contributed by atoms with E-state index in [2.05, 4.69) is 20.1 Å². The maximum absolute atomic E-state index is 12.9. The summed E-state index contributed by atoms with van der Waals surface area (Å²) in [4.78, 5) is 0.313. The van der Waals surface area contributed by atoms with Gasteiger partial charge in [0.2, 0.25) is 0 Å². The molecule has 0 saturated heterocycles. The second-order valence-corrected chi connectivity index (χ2v) is 7.63. The summed E-state index contributed by atoms with van der Waals surface area (Å²) in [6, 6.07) is 0. The van der Waals surface area contributed by atoms with Crippen molar-refractivity contribution in [3.63, 3.8) is 0 Å². The molecule has 0 rings (SSSR count). The predicted octanol–water partition coefficient (Wildman–Crippen LogP) is 4.96. The molecule has 20 heavy (non-hydrogen) atoms. The van der Waals surface area contributed by atoms with E-state index in [1.54, 1.807) is 24.3 Å².